The maximum Gasteiger partial charge on any atom is 0.229 e. The highest BCUT2D eigenvalue weighted by Crippen LogP contribution is 2.28. The van der Waals surface area contributed by atoms with Crippen molar-refractivity contribution in [3.8, 4) is 0 Å². The largest absolute Gasteiger partial charge is 0.356 e. The number of anilines is 1. The van der Waals surface area contributed by atoms with Crippen LogP contribution < -0.4 is 10.2 Å². The van der Waals surface area contributed by atoms with Crippen molar-refractivity contribution in [3.63, 3.8) is 0 Å². The van der Waals surface area contributed by atoms with Crippen LogP contribution in [0.5, 0.6) is 0 Å². The summed E-state index contributed by atoms with van der Waals surface area (Å²) >= 11 is 1.44. The number of amides is 2. The fourth-order valence-corrected chi connectivity index (χ4v) is 4.00. The first-order chi connectivity index (χ1) is 12.7. The van der Waals surface area contributed by atoms with Gasteiger partial charge in [-0.25, -0.2) is 0 Å². The molecule has 1 aliphatic rings. The molecule has 7 heteroatoms. The molecule has 0 aliphatic carbocycles. The van der Waals surface area contributed by atoms with Crippen molar-refractivity contribution in [1.29, 1.82) is 0 Å². The molecule has 0 saturated carbocycles. The van der Waals surface area contributed by atoms with E-state index in [2.05, 4.69) is 34.6 Å². The fourth-order valence-electron chi connectivity index (χ4n) is 3.03. The first kappa shape index (κ1) is 18.5. The number of carbonyl (C=O) groups is 2. The molecule has 1 aliphatic heterocycles. The topological polar surface area (TPSA) is 75.2 Å². The number of hydrogen-bond acceptors (Lipinski definition) is 5. The smallest absolute Gasteiger partial charge is 0.229 e. The molecule has 1 aromatic heterocycles. The van der Waals surface area contributed by atoms with Crippen molar-refractivity contribution in [3.05, 3.63) is 40.9 Å². The highest BCUT2D eigenvalue weighted by molar-refractivity contribution is 7.15. The van der Waals surface area contributed by atoms with Gasteiger partial charge in [-0.15, -0.1) is 10.2 Å². The van der Waals surface area contributed by atoms with Crippen LogP contribution in [0.15, 0.2) is 30.3 Å². The summed E-state index contributed by atoms with van der Waals surface area (Å²) in [6.45, 7) is 3.10. The molecule has 1 N–H and O–H groups in total. The number of nitrogens with one attached hydrogen (secondary N) is 1. The maximum absolute atomic E-state index is 12.4. The molecule has 1 fully saturated rings. The summed E-state index contributed by atoms with van der Waals surface area (Å²) in [5.41, 5.74) is 1.27. The number of nitrogens with zero attached hydrogens (tertiary/aromatic N) is 3. The van der Waals surface area contributed by atoms with Crippen molar-refractivity contribution >= 4 is 28.3 Å². The van der Waals surface area contributed by atoms with Crippen LogP contribution in [0.4, 0.5) is 5.13 Å². The van der Waals surface area contributed by atoms with E-state index < -0.39 is 0 Å². The van der Waals surface area contributed by atoms with Gasteiger partial charge in [0.25, 0.3) is 0 Å². The predicted molar refractivity (Wildman–Crippen MR) is 102 cm³/mol. The lowest BCUT2D eigenvalue weighted by Crippen LogP contribution is -2.33. The average molecular weight is 372 g/mol. The molecule has 0 bridgehead atoms. The van der Waals surface area contributed by atoms with Crippen molar-refractivity contribution in [2.75, 3.05) is 18.0 Å². The zero-order chi connectivity index (χ0) is 18.4. The van der Waals surface area contributed by atoms with Crippen LogP contribution in [0.25, 0.3) is 0 Å². The van der Waals surface area contributed by atoms with E-state index in [1.807, 2.05) is 18.2 Å². The van der Waals surface area contributed by atoms with Gasteiger partial charge in [0.2, 0.25) is 16.9 Å². The third kappa shape index (κ3) is 4.66. The van der Waals surface area contributed by atoms with Gasteiger partial charge in [-0.2, -0.15) is 0 Å². The molecule has 1 aromatic carbocycles. The molecular weight excluding hydrogens is 348 g/mol. The van der Waals surface area contributed by atoms with Crippen LogP contribution in [-0.4, -0.2) is 35.1 Å². The number of carbonyl (C=O) groups excluding carboxylic acids is 2. The number of rotatable bonds is 8. The summed E-state index contributed by atoms with van der Waals surface area (Å²) in [6.07, 6.45) is 3.92. The van der Waals surface area contributed by atoms with E-state index in [1.54, 1.807) is 4.90 Å². The van der Waals surface area contributed by atoms with Crippen molar-refractivity contribution in [1.82, 2.24) is 15.5 Å². The molecular formula is C19H24N4O2S. The predicted octanol–water partition coefficient (Wildman–Crippen LogP) is 2.59. The van der Waals surface area contributed by atoms with Crippen molar-refractivity contribution in [2.45, 2.75) is 39.0 Å². The highest BCUT2D eigenvalue weighted by Gasteiger charge is 2.36. The van der Waals surface area contributed by atoms with E-state index in [1.165, 1.54) is 16.9 Å². The molecule has 1 atom stereocenters. The minimum atomic E-state index is -0.308. The Morgan fingerprint density at radius 3 is 2.85 bits per heavy atom. The van der Waals surface area contributed by atoms with Crippen LogP contribution in [0.3, 0.4) is 0 Å². The van der Waals surface area contributed by atoms with Gasteiger partial charge in [0, 0.05) is 25.9 Å². The van der Waals surface area contributed by atoms with E-state index in [-0.39, 0.29) is 24.2 Å². The van der Waals surface area contributed by atoms with E-state index in [9.17, 15) is 9.59 Å². The first-order valence-electron chi connectivity index (χ1n) is 9.11. The lowest BCUT2D eigenvalue weighted by molar-refractivity contribution is -0.126. The second-order valence-electron chi connectivity index (χ2n) is 6.51. The van der Waals surface area contributed by atoms with Crippen LogP contribution in [0.1, 0.15) is 36.8 Å². The van der Waals surface area contributed by atoms with Crippen molar-refractivity contribution in [2.24, 2.45) is 5.92 Å². The Bertz CT molecular complexity index is 747. The van der Waals surface area contributed by atoms with Crippen LogP contribution in [0, 0.1) is 5.92 Å². The SMILES string of the molecule is CCCc1nnc(N2CC(C(=O)NCCCc3ccccc3)CC2=O)s1. The van der Waals surface area contributed by atoms with Gasteiger partial charge in [0.15, 0.2) is 0 Å². The minimum absolute atomic E-state index is 0.0476. The van der Waals surface area contributed by atoms with Gasteiger partial charge < -0.3 is 5.32 Å². The molecule has 138 valence electrons. The molecule has 0 radical (unpaired) electrons. The zero-order valence-electron chi connectivity index (χ0n) is 15.0. The molecule has 1 saturated heterocycles. The third-order valence-electron chi connectivity index (χ3n) is 4.43. The lowest BCUT2D eigenvalue weighted by Gasteiger charge is -2.12. The number of benzene rings is 1. The molecule has 2 heterocycles. The maximum atomic E-state index is 12.4. The normalized spacial score (nSPS) is 16.9. The third-order valence-corrected chi connectivity index (χ3v) is 5.44. The van der Waals surface area contributed by atoms with Gasteiger partial charge in [-0.1, -0.05) is 48.6 Å². The number of hydrogen-bond donors (Lipinski definition) is 1. The molecule has 0 spiro atoms. The first-order valence-corrected chi connectivity index (χ1v) is 9.93. The van der Waals surface area contributed by atoms with Gasteiger partial charge in [0.1, 0.15) is 5.01 Å². The monoisotopic (exact) mass is 372 g/mol. The second kappa shape index (κ2) is 8.89. The Morgan fingerprint density at radius 1 is 1.27 bits per heavy atom. The van der Waals surface area contributed by atoms with Crippen molar-refractivity contribution < 1.29 is 9.59 Å². The Labute approximate surface area is 157 Å². The molecule has 3 rings (SSSR count). The van der Waals surface area contributed by atoms with E-state index in [0.717, 1.165) is 30.7 Å². The van der Waals surface area contributed by atoms with Gasteiger partial charge in [-0.3, -0.25) is 14.5 Å². The van der Waals surface area contributed by atoms with Gasteiger partial charge >= 0.3 is 0 Å². The molecule has 2 aromatic rings. The summed E-state index contributed by atoms with van der Waals surface area (Å²) in [7, 11) is 0. The number of aryl methyl sites for hydroxylation is 2. The standard InChI is InChI=1S/C19H24N4O2S/c1-2-7-16-21-22-19(26-16)23-13-15(12-17(23)24)18(25)20-11-6-10-14-8-4-3-5-9-14/h3-5,8-9,15H,2,6-7,10-13H2,1H3,(H,20,25). The lowest BCUT2D eigenvalue weighted by atomic mass is 10.1. The van der Waals surface area contributed by atoms with Crippen LogP contribution in [-0.2, 0) is 22.4 Å². The summed E-state index contributed by atoms with van der Waals surface area (Å²) in [5, 5.41) is 12.7. The molecule has 26 heavy (non-hydrogen) atoms. The Kier molecular flexibility index (Phi) is 6.33. The molecule has 6 nitrogen and oxygen atoms in total. The summed E-state index contributed by atoms with van der Waals surface area (Å²) in [6, 6.07) is 10.2. The summed E-state index contributed by atoms with van der Waals surface area (Å²) in [4.78, 5) is 26.2. The zero-order valence-corrected chi connectivity index (χ0v) is 15.8. The van der Waals surface area contributed by atoms with Crippen LogP contribution in [0.2, 0.25) is 0 Å². The van der Waals surface area contributed by atoms with Gasteiger partial charge in [-0.05, 0) is 24.8 Å². The summed E-state index contributed by atoms with van der Waals surface area (Å²) in [5.74, 6) is -0.404. The van der Waals surface area contributed by atoms with Gasteiger partial charge in [0.05, 0.1) is 5.92 Å². The van der Waals surface area contributed by atoms with Crippen LogP contribution >= 0.6 is 11.3 Å². The Balaban J connectivity index is 1.45. The van der Waals surface area contributed by atoms with E-state index >= 15 is 0 Å². The second-order valence-corrected chi connectivity index (χ2v) is 7.55. The molecule has 1 unspecified atom stereocenters. The Hall–Kier alpha value is -2.28. The van der Waals surface area contributed by atoms with E-state index in [0.29, 0.717) is 18.2 Å². The Morgan fingerprint density at radius 2 is 2.08 bits per heavy atom. The summed E-state index contributed by atoms with van der Waals surface area (Å²) < 4.78 is 0. The minimum Gasteiger partial charge on any atom is -0.356 e. The fraction of sp³-hybridized carbons (Fsp3) is 0.474. The van der Waals surface area contributed by atoms with E-state index in [4.69, 9.17) is 0 Å². The number of aromatic nitrogens is 2. The quantitative estimate of drug-likeness (QED) is 0.723. The average Bonchev–Trinajstić information content (AvgIpc) is 3.26. The highest BCUT2D eigenvalue weighted by atomic mass is 32.1. The molecule has 2 amide bonds.